The van der Waals surface area contributed by atoms with Crippen molar-refractivity contribution in [3.05, 3.63) is 164 Å². The van der Waals surface area contributed by atoms with Crippen molar-refractivity contribution in [3.63, 3.8) is 0 Å². The van der Waals surface area contributed by atoms with E-state index in [0.29, 0.717) is 0 Å². The second-order valence-electron chi connectivity index (χ2n) is 10.5. The highest BCUT2D eigenvalue weighted by Gasteiger charge is 2.14. The van der Waals surface area contributed by atoms with Crippen molar-refractivity contribution in [1.29, 1.82) is 0 Å². The molecule has 0 spiro atoms. The molecule has 0 aliphatic carbocycles. The van der Waals surface area contributed by atoms with Gasteiger partial charge in [0.1, 0.15) is 0 Å². The van der Waals surface area contributed by atoms with Crippen molar-refractivity contribution in [3.8, 4) is 11.1 Å². The Morgan fingerprint density at radius 3 is 0.878 bits per heavy atom. The Bertz CT molecular complexity index is 1630. The van der Waals surface area contributed by atoms with E-state index in [9.17, 15) is 0 Å². The van der Waals surface area contributed by atoms with E-state index in [1.807, 2.05) is 0 Å². The van der Waals surface area contributed by atoms with Crippen LogP contribution in [0.1, 0.15) is 0 Å². The highest BCUT2D eigenvalue weighted by Crippen LogP contribution is 2.37. The zero-order valence-electron chi connectivity index (χ0n) is 23.6. The minimum Gasteiger partial charge on any atom is -0.311 e. The molecule has 200 valence electrons. The van der Waals surface area contributed by atoms with Crippen molar-refractivity contribution >= 4 is 48.1 Å². The fourth-order valence-corrected chi connectivity index (χ4v) is 6.20. The lowest BCUT2D eigenvalue weighted by Crippen LogP contribution is -2.22. The number of para-hydroxylation sites is 3. The van der Waals surface area contributed by atoms with Crippen LogP contribution in [0.25, 0.3) is 11.1 Å². The van der Waals surface area contributed by atoms with Gasteiger partial charge in [-0.2, -0.15) is 0 Å². The lowest BCUT2D eigenvalue weighted by atomic mass is 10.0. The number of anilines is 6. The summed E-state index contributed by atoms with van der Waals surface area (Å²) >= 11 is 0. The molecule has 0 unspecified atom stereocenters. The summed E-state index contributed by atoms with van der Waals surface area (Å²) in [5, 5.41) is 1.48. The van der Waals surface area contributed by atoms with Gasteiger partial charge in [-0.3, -0.25) is 0 Å². The van der Waals surface area contributed by atoms with E-state index in [2.05, 4.69) is 187 Å². The quantitative estimate of drug-likeness (QED) is 0.175. The molecule has 0 heterocycles. The molecule has 0 radical (unpaired) electrons. The average Bonchev–Trinajstić information content (AvgIpc) is 3.04. The van der Waals surface area contributed by atoms with Gasteiger partial charge in [-0.05, 0) is 83.9 Å². The summed E-state index contributed by atoms with van der Waals surface area (Å²) in [7, 11) is -0.838. The van der Waals surface area contributed by atoms with Gasteiger partial charge in [-0.1, -0.05) is 109 Å². The SMILES string of the molecule is C[SiH](C)c1ccc(N(c2ccccc2)c2ccc(-c3ccc(N(c4ccccc4)c4ccccc4)cc3)cc2)cc1. The smallest absolute Gasteiger partial charge is 0.0647 e. The molecule has 0 aromatic heterocycles. The average molecular weight is 547 g/mol. The highest BCUT2D eigenvalue weighted by molar-refractivity contribution is 6.70. The number of hydrogen-bond donors (Lipinski definition) is 0. The molecule has 0 saturated carbocycles. The molecular formula is C38H34N2Si. The normalized spacial score (nSPS) is 10.9. The Hall–Kier alpha value is -4.86. The van der Waals surface area contributed by atoms with Crippen LogP contribution in [0.3, 0.4) is 0 Å². The summed E-state index contributed by atoms with van der Waals surface area (Å²) in [4.78, 5) is 4.62. The van der Waals surface area contributed by atoms with Crippen LogP contribution < -0.4 is 15.0 Å². The van der Waals surface area contributed by atoms with Crippen LogP contribution in [0, 0.1) is 0 Å². The summed E-state index contributed by atoms with van der Waals surface area (Å²) in [6.45, 7) is 4.74. The van der Waals surface area contributed by atoms with E-state index in [1.54, 1.807) is 0 Å². The Morgan fingerprint density at radius 2 is 0.585 bits per heavy atom. The van der Waals surface area contributed by atoms with E-state index < -0.39 is 8.80 Å². The van der Waals surface area contributed by atoms with E-state index in [0.717, 1.165) is 28.4 Å². The van der Waals surface area contributed by atoms with Gasteiger partial charge in [0.15, 0.2) is 0 Å². The van der Waals surface area contributed by atoms with Crippen LogP contribution in [0.2, 0.25) is 13.1 Å². The molecule has 0 fully saturated rings. The van der Waals surface area contributed by atoms with Crippen LogP contribution in [0.4, 0.5) is 34.1 Å². The summed E-state index contributed by atoms with van der Waals surface area (Å²) in [5.74, 6) is 0. The number of nitrogens with zero attached hydrogens (tertiary/aromatic N) is 2. The van der Waals surface area contributed by atoms with Gasteiger partial charge in [0.05, 0.1) is 8.80 Å². The lowest BCUT2D eigenvalue weighted by molar-refractivity contribution is 1.28. The Balaban J connectivity index is 1.30. The molecule has 0 N–H and O–H groups in total. The maximum absolute atomic E-state index is 2.37. The van der Waals surface area contributed by atoms with Crippen LogP contribution in [-0.4, -0.2) is 8.80 Å². The first-order chi connectivity index (χ1) is 20.2. The molecule has 6 rings (SSSR count). The van der Waals surface area contributed by atoms with Gasteiger partial charge >= 0.3 is 0 Å². The third kappa shape index (κ3) is 5.86. The van der Waals surface area contributed by atoms with Gasteiger partial charge in [0.2, 0.25) is 0 Å². The Morgan fingerprint density at radius 1 is 0.317 bits per heavy atom. The van der Waals surface area contributed by atoms with Gasteiger partial charge in [0.25, 0.3) is 0 Å². The minimum absolute atomic E-state index is 0.838. The molecule has 0 saturated heterocycles. The zero-order chi connectivity index (χ0) is 28.0. The maximum atomic E-state index is 2.37. The number of benzene rings is 6. The monoisotopic (exact) mass is 546 g/mol. The van der Waals surface area contributed by atoms with Crippen molar-refractivity contribution in [2.24, 2.45) is 0 Å². The zero-order valence-corrected chi connectivity index (χ0v) is 24.7. The summed E-state index contributed by atoms with van der Waals surface area (Å²) in [6.07, 6.45) is 0. The van der Waals surface area contributed by atoms with Gasteiger partial charge < -0.3 is 9.80 Å². The molecule has 0 atom stereocenters. The van der Waals surface area contributed by atoms with Crippen molar-refractivity contribution in [2.75, 3.05) is 9.80 Å². The second kappa shape index (κ2) is 12.1. The van der Waals surface area contributed by atoms with E-state index in [4.69, 9.17) is 0 Å². The first-order valence-corrected chi connectivity index (χ1v) is 17.1. The maximum Gasteiger partial charge on any atom is 0.0647 e. The van der Waals surface area contributed by atoms with Gasteiger partial charge in [0, 0.05) is 34.1 Å². The van der Waals surface area contributed by atoms with Crippen LogP contribution in [0.15, 0.2) is 164 Å². The highest BCUT2D eigenvalue weighted by atomic mass is 28.3. The predicted octanol–water partition coefficient (Wildman–Crippen LogP) is 9.99. The van der Waals surface area contributed by atoms with E-state index in [-0.39, 0.29) is 0 Å². The van der Waals surface area contributed by atoms with Crippen molar-refractivity contribution in [2.45, 2.75) is 13.1 Å². The van der Waals surface area contributed by atoms with Crippen LogP contribution in [0.5, 0.6) is 0 Å². The fourth-order valence-electron chi connectivity index (χ4n) is 5.24. The molecule has 0 aliphatic heterocycles. The fraction of sp³-hybridized carbons (Fsp3) is 0.0526. The van der Waals surface area contributed by atoms with Crippen LogP contribution in [-0.2, 0) is 0 Å². The molecule has 6 aromatic carbocycles. The first kappa shape index (κ1) is 26.4. The standard InChI is InChI=1S/C38H34N2Si/c1-41(2)38-28-26-37(27-29-38)40(34-16-10-5-11-17-34)36-24-20-31(21-25-36)30-18-22-35(23-19-30)39(32-12-6-3-7-13-32)33-14-8-4-9-15-33/h3-29,41H,1-2H3. The summed E-state index contributed by atoms with van der Waals surface area (Å²) in [5.41, 5.74) is 9.27. The van der Waals surface area contributed by atoms with Gasteiger partial charge in [-0.15, -0.1) is 0 Å². The molecule has 3 heteroatoms. The van der Waals surface area contributed by atoms with Crippen LogP contribution >= 0.6 is 0 Å². The molecule has 41 heavy (non-hydrogen) atoms. The second-order valence-corrected chi connectivity index (χ2v) is 13.5. The molecular weight excluding hydrogens is 513 g/mol. The third-order valence-corrected chi connectivity index (χ3v) is 9.16. The predicted molar refractivity (Wildman–Crippen MR) is 180 cm³/mol. The number of rotatable bonds is 8. The van der Waals surface area contributed by atoms with E-state index in [1.165, 1.54) is 22.0 Å². The Kier molecular flexibility index (Phi) is 7.79. The molecule has 6 aromatic rings. The molecule has 2 nitrogen and oxygen atoms in total. The largest absolute Gasteiger partial charge is 0.311 e. The first-order valence-electron chi connectivity index (χ1n) is 14.2. The molecule has 0 bridgehead atoms. The molecule has 0 amide bonds. The van der Waals surface area contributed by atoms with Gasteiger partial charge in [-0.25, -0.2) is 0 Å². The number of hydrogen-bond acceptors (Lipinski definition) is 2. The van der Waals surface area contributed by atoms with E-state index >= 15 is 0 Å². The topological polar surface area (TPSA) is 6.48 Å². The summed E-state index contributed by atoms with van der Waals surface area (Å²) in [6, 6.07) is 58.5. The molecule has 0 aliphatic rings. The van der Waals surface area contributed by atoms with Crippen molar-refractivity contribution < 1.29 is 0 Å². The lowest BCUT2D eigenvalue weighted by Gasteiger charge is -2.26. The Labute approximate surface area is 245 Å². The summed E-state index contributed by atoms with van der Waals surface area (Å²) < 4.78 is 0. The van der Waals surface area contributed by atoms with Crippen molar-refractivity contribution in [1.82, 2.24) is 0 Å². The third-order valence-electron chi connectivity index (χ3n) is 7.45. The minimum atomic E-state index is -0.838.